The van der Waals surface area contributed by atoms with Crippen LogP contribution in [0.4, 0.5) is 0 Å². The van der Waals surface area contributed by atoms with E-state index < -0.39 is 5.97 Å². The van der Waals surface area contributed by atoms with Crippen molar-refractivity contribution in [3.8, 4) is 5.75 Å². The zero-order chi connectivity index (χ0) is 11.9. The van der Waals surface area contributed by atoms with Gasteiger partial charge in [0.25, 0.3) is 0 Å². The fraction of sp³-hybridized carbons (Fsp3) is 0.273. The molecule has 0 saturated carbocycles. The smallest absolute Gasteiger partial charge is 0.312 e. The van der Waals surface area contributed by atoms with Crippen LogP contribution in [-0.4, -0.2) is 21.2 Å². The number of phenols is 1. The number of carboxylic acid groups (broad SMARTS) is 1. The van der Waals surface area contributed by atoms with Crippen LogP contribution in [0.3, 0.4) is 0 Å². The van der Waals surface area contributed by atoms with E-state index >= 15 is 0 Å². The molecular formula is C11H11NO4. The summed E-state index contributed by atoms with van der Waals surface area (Å²) >= 11 is 0. The van der Waals surface area contributed by atoms with Gasteiger partial charge in [-0.3, -0.25) is 4.79 Å². The molecule has 1 aromatic carbocycles. The van der Waals surface area contributed by atoms with Crippen molar-refractivity contribution < 1.29 is 19.4 Å². The van der Waals surface area contributed by atoms with E-state index in [1.165, 1.54) is 0 Å². The van der Waals surface area contributed by atoms with Gasteiger partial charge in [0.05, 0.1) is 0 Å². The SMILES string of the molecule is Cc1cc2oc(CC(=O)O)nc2c(C)c1O. The van der Waals surface area contributed by atoms with Crippen molar-refractivity contribution in [1.82, 2.24) is 4.98 Å². The van der Waals surface area contributed by atoms with Gasteiger partial charge in [0.2, 0.25) is 5.89 Å². The number of aromatic hydroxyl groups is 1. The molecule has 84 valence electrons. The first-order chi connectivity index (χ1) is 7.49. The third-order valence-corrected chi connectivity index (χ3v) is 2.43. The minimum absolute atomic E-state index is 0.149. The summed E-state index contributed by atoms with van der Waals surface area (Å²) in [6.45, 7) is 3.47. The van der Waals surface area contributed by atoms with Crippen LogP contribution in [0.15, 0.2) is 10.5 Å². The predicted octanol–water partition coefficient (Wildman–Crippen LogP) is 1.78. The van der Waals surface area contributed by atoms with Crippen LogP contribution < -0.4 is 0 Å². The minimum Gasteiger partial charge on any atom is -0.507 e. The highest BCUT2D eigenvalue weighted by Gasteiger charge is 2.14. The largest absolute Gasteiger partial charge is 0.507 e. The molecule has 0 bridgehead atoms. The van der Waals surface area contributed by atoms with E-state index in [-0.39, 0.29) is 18.1 Å². The van der Waals surface area contributed by atoms with Crippen LogP contribution in [0.25, 0.3) is 11.1 Å². The molecule has 2 aromatic rings. The molecule has 0 aliphatic heterocycles. The quantitative estimate of drug-likeness (QED) is 0.807. The first-order valence-electron chi connectivity index (χ1n) is 4.79. The highest BCUT2D eigenvalue weighted by Crippen LogP contribution is 2.30. The first kappa shape index (κ1) is 10.5. The molecule has 5 heteroatoms. The van der Waals surface area contributed by atoms with E-state index in [1.807, 2.05) is 0 Å². The van der Waals surface area contributed by atoms with Gasteiger partial charge in [0.15, 0.2) is 5.58 Å². The minimum atomic E-state index is -0.995. The average Bonchev–Trinajstić information content (AvgIpc) is 2.56. The average molecular weight is 221 g/mol. The maximum atomic E-state index is 10.5. The third-order valence-electron chi connectivity index (χ3n) is 2.43. The summed E-state index contributed by atoms with van der Waals surface area (Å²) in [5, 5.41) is 18.3. The highest BCUT2D eigenvalue weighted by atomic mass is 16.4. The number of carboxylic acids is 1. The van der Waals surface area contributed by atoms with Gasteiger partial charge in [-0.05, 0) is 25.5 Å². The Morgan fingerprint density at radius 2 is 2.19 bits per heavy atom. The van der Waals surface area contributed by atoms with E-state index in [9.17, 15) is 9.90 Å². The summed E-state index contributed by atoms with van der Waals surface area (Å²) in [4.78, 5) is 14.6. The lowest BCUT2D eigenvalue weighted by Gasteiger charge is -2.01. The summed E-state index contributed by atoms with van der Waals surface area (Å²) in [7, 11) is 0. The maximum absolute atomic E-state index is 10.5. The van der Waals surface area contributed by atoms with Crippen LogP contribution in [0.2, 0.25) is 0 Å². The molecule has 2 rings (SSSR count). The molecule has 0 spiro atoms. The van der Waals surface area contributed by atoms with E-state index in [1.54, 1.807) is 19.9 Å². The summed E-state index contributed by atoms with van der Waals surface area (Å²) in [5.41, 5.74) is 2.31. The zero-order valence-electron chi connectivity index (χ0n) is 8.94. The summed E-state index contributed by atoms with van der Waals surface area (Å²) in [6.07, 6.45) is -0.256. The molecule has 0 atom stereocenters. The number of hydrogen-bond donors (Lipinski definition) is 2. The Morgan fingerprint density at radius 1 is 1.50 bits per heavy atom. The summed E-state index contributed by atoms with van der Waals surface area (Å²) in [6, 6.07) is 1.65. The highest BCUT2D eigenvalue weighted by molar-refractivity contribution is 5.81. The molecule has 5 nitrogen and oxygen atoms in total. The zero-order valence-corrected chi connectivity index (χ0v) is 8.94. The molecule has 0 aliphatic carbocycles. The number of nitrogens with zero attached hydrogens (tertiary/aromatic N) is 1. The lowest BCUT2D eigenvalue weighted by molar-refractivity contribution is -0.136. The Balaban J connectivity index is 2.62. The van der Waals surface area contributed by atoms with Crippen molar-refractivity contribution in [3.63, 3.8) is 0 Å². The number of rotatable bonds is 2. The third kappa shape index (κ3) is 1.60. The number of aryl methyl sites for hydroxylation is 2. The lowest BCUT2D eigenvalue weighted by Crippen LogP contribution is -1.99. The van der Waals surface area contributed by atoms with Gasteiger partial charge in [-0.25, -0.2) is 4.98 Å². The number of phenolic OH excluding ortho intramolecular Hbond substituents is 1. The van der Waals surface area contributed by atoms with Gasteiger partial charge < -0.3 is 14.6 Å². The van der Waals surface area contributed by atoms with Gasteiger partial charge in [-0.1, -0.05) is 0 Å². The topological polar surface area (TPSA) is 83.6 Å². The van der Waals surface area contributed by atoms with Crippen molar-refractivity contribution in [3.05, 3.63) is 23.1 Å². The van der Waals surface area contributed by atoms with Crippen LogP contribution in [0, 0.1) is 13.8 Å². The van der Waals surface area contributed by atoms with Crippen LogP contribution in [0.5, 0.6) is 5.75 Å². The van der Waals surface area contributed by atoms with Crippen molar-refractivity contribution >= 4 is 17.1 Å². The Kier molecular flexibility index (Phi) is 2.30. The normalized spacial score (nSPS) is 10.9. The van der Waals surface area contributed by atoms with Crippen LogP contribution >= 0.6 is 0 Å². The molecule has 1 heterocycles. The van der Waals surface area contributed by atoms with Crippen molar-refractivity contribution in [1.29, 1.82) is 0 Å². The molecule has 0 amide bonds. The van der Waals surface area contributed by atoms with Gasteiger partial charge >= 0.3 is 5.97 Å². The fourth-order valence-electron chi connectivity index (χ4n) is 1.62. The number of benzene rings is 1. The second-order valence-electron chi connectivity index (χ2n) is 3.69. The van der Waals surface area contributed by atoms with Crippen LogP contribution in [-0.2, 0) is 11.2 Å². The van der Waals surface area contributed by atoms with E-state index in [2.05, 4.69) is 4.98 Å². The Labute approximate surface area is 91.3 Å². The Morgan fingerprint density at radius 3 is 2.81 bits per heavy atom. The van der Waals surface area contributed by atoms with Crippen LogP contribution in [0.1, 0.15) is 17.0 Å². The number of aliphatic carboxylic acids is 1. The van der Waals surface area contributed by atoms with Gasteiger partial charge in [-0.2, -0.15) is 0 Å². The first-order valence-corrected chi connectivity index (χ1v) is 4.79. The fourth-order valence-corrected chi connectivity index (χ4v) is 1.62. The van der Waals surface area contributed by atoms with Gasteiger partial charge in [-0.15, -0.1) is 0 Å². The maximum Gasteiger partial charge on any atom is 0.312 e. The van der Waals surface area contributed by atoms with Crippen molar-refractivity contribution in [2.24, 2.45) is 0 Å². The van der Waals surface area contributed by atoms with Gasteiger partial charge in [0, 0.05) is 5.56 Å². The van der Waals surface area contributed by atoms with Gasteiger partial charge in [0.1, 0.15) is 17.7 Å². The predicted molar refractivity (Wildman–Crippen MR) is 56.5 cm³/mol. The Bertz CT molecular complexity index is 571. The number of hydrogen-bond acceptors (Lipinski definition) is 4. The lowest BCUT2D eigenvalue weighted by atomic mass is 10.1. The number of carbonyl (C=O) groups is 1. The molecular weight excluding hydrogens is 210 g/mol. The van der Waals surface area contributed by atoms with E-state index in [4.69, 9.17) is 9.52 Å². The molecule has 0 radical (unpaired) electrons. The molecule has 2 N–H and O–H groups in total. The van der Waals surface area contributed by atoms with Crippen molar-refractivity contribution in [2.75, 3.05) is 0 Å². The molecule has 0 aliphatic rings. The summed E-state index contributed by atoms with van der Waals surface area (Å²) < 4.78 is 5.29. The monoisotopic (exact) mass is 221 g/mol. The second kappa shape index (κ2) is 3.52. The molecule has 0 fully saturated rings. The Hall–Kier alpha value is -2.04. The summed E-state index contributed by atoms with van der Waals surface area (Å²) in [5.74, 6) is -0.677. The van der Waals surface area contributed by atoms with E-state index in [0.717, 1.165) is 0 Å². The molecule has 1 aromatic heterocycles. The second-order valence-corrected chi connectivity index (χ2v) is 3.69. The molecule has 0 saturated heterocycles. The standard InChI is InChI=1S/C11H11NO4/c1-5-3-7-10(6(2)11(5)15)12-8(16-7)4-9(13)14/h3,15H,4H2,1-2H3,(H,13,14). The van der Waals surface area contributed by atoms with Crippen molar-refractivity contribution in [2.45, 2.75) is 20.3 Å². The number of oxazole rings is 1. The molecule has 16 heavy (non-hydrogen) atoms. The van der Waals surface area contributed by atoms with E-state index in [0.29, 0.717) is 22.2 Å². The number of aromatic nitrogens is 1. The number of fused-ring (bicyclic) bond motifs is 1. The molecule has 0 unspecified atom stereocenters.